The molecule has 4 N–H and O–H groups in total. The molecule has 0 saturated carbocycles. The smallest absolute Gasteiger partial charge is 0.128 e. The SMILES string of the molecule is Cl.Cl.NCCc1c[nH]c2ccc(C3=NCCCN3)cc12. The largest absolute Gasteiger partial charge is 0.370 e. The van der Waals surface area contributed by atoms with Crippen molar-refractivity contribution in [3.63, 3.8) is 0 Å². The number of nitrogens with zero attached hydrogens (tertiary/aromatic N) is 1. The van der Waals surface area contributed by atoms with Gasteiger partial charge in [-0.05, 0) is 43.1 Å². The highest BCUT2D eigenvalue weighted by atomic mass is 35.5. The summed E-state index contributed by atoms with van der Waals surface area (Å²) in [5, 5.41) is 4.62. The van der Waals surface area contributed by atoms with Gasteiger partial charge in [0, 0.05) is 35.8 Å². The molecule has 2 aromatic rings. The van der Waals surface area contributed by atoms with E-state index in [1.165, 1.54) is 22.0 Å². The molecule has 0 spiro atoms. The summed E-state index contributed by atoms with van der Waals surface area (Å²) >= 11 is 0. The number of amidine groups is 1. The number of fused-ring (bicyclic) bond motifs is 1. The summed E-state index contributed by atoms with van der Waals surface area (Å²) in [5.74, 6) is 1.02. The van der Waals surface area contributed by atoms with Crippen molar-refractivity contribution in [1.29, 1.82) is 0 Å². The van der Waals surface area contributed by atoms with E-state index >= 15 is 0 Å². The quantitative estimate of drug-likeness (QED) is 0.813. The minimum Gasteiger partial charge on any atom is -0.370 e. The minimum absolute atomic E-state index is 0. The van der Waals surface area contributed by atoms with Crippen LogP contribution in [-0.2, 0) is 6.42 Å². The summed E-state index contributed by atoms with van der Waals surface area (Å²) in [5.41, 5.74) is 9.26. The Morgan fingerprint density at radius 3 is 2.80 bits per heavy atom. The molecular weight excluding hydrogens is 295 g/mol. The van der Waals surface area contributed by atoms with Crippen LogP contribution < -0.4 is 11.1 Å². The Kier molecular flexibility index (Phi) is 6.33. The molecule has 1 aliphatic rings. The van der Waals surface area contributed by atoms with Crippen molar-refractivity contribution in [2.75, 3.05) is 19.6 Å². The van der Waals surface area contributed by atoms with Gasteiger partial charge in [-0.25, -0.2) is 0 Å². The highest BCUT2D eigenvalue weighted by molar-refractivity contribution is 6.02. The number of aromatic amines is 1. The summed E-state index contributed by atoms with van der Waals surface area (Å²) in [7, 11) is 0. The topological polar surface area (TPSA) is 66.2 Å². The number of aliphatic imine (C=N–C) groups is 1. The molecule has 0 saturated heterocycles. The first-order chi connectivity index (χ1) is 8.88. The number of aromatic nitrogens is 1. The van der Waals surface area contributed by atoms with E-state index in [1.54, 1.807) is 0 Å². The van der Waals surface area contributed by atoms with Crippen LogP contribution in [0.3, 0.4) is 0 Å². The first-order valence-corrected chi connectivity index (χ1v) is 6.47. The van der Waals surface area contributed by atoms with E-state index in [1.807, 2.05) is 0 Å². The molecule has 0 atom stereocenters. The molecule has 0 fully saturated rings. The number of hydrogen-bond donors (Lipinski definition) is 3. The minimum atomic E-state index is 0. The standard InChI is InChI=1S/C14H18N4.2ClH/c15-5-4-11-9-18-13-3-2-10(8-12(11)13)14-16-6-1-7-17-14;;/h2-3,8-9,18H,1,4-7,15H2,(H,16,17);2*1H. The first-order valence-electron chi connectivity index (χ1n) is 6.47. The molecule has 0 amide bonds. The van der Waals surface area contributed by atoms with Crippen molar-refractivity contribution in [2.45, 2.75) is 12.8 Å². The zero-order valence-corrected chi connectivity index (χ0v) is 12.8. The summed E-state index contributed by atoms with van der Waals surface area (Å²) < 4.78 is 0. The van der Waals surface area contributed by atoms with Crippen LogP contribution in [0, 0.1) is 0 Å². The maximum Gasteiger partial charge on any atom is 0.128 e. The van der Waals surface area contributed by atoms with Crippen LogP contribution >= 0.6 is 24.8 Å². The average Bonchev–Trinajstić information content (AvgIpc) is 2.83. The third-order valence-corrected chi connectivity index (χ3v) is 3.35. The maximum atomic E-state index is 5.64. The van der Waals surface area contributed by atoms with Crippen LogP contribution in [0.1, 0.15) is 17.5 Å². The molecule has 110 valence electrons. The van der Waals surface area contributed by atoms with Gasteiger partial charge >= 0.3 is 0 Å². The Morgan fingerprint density at radius 2 is 2.10 bits per heavy atom. The molecule has 0 unspecified atom stereocenters. The van der Waals surface area contributed by atoms with E-state index in [2.05, 4.69) is 39.7 Å². The van der Waals surface area contributed by atoms with E-state index < -0.39 is 0 Å². The second kappa shape index (κ2) is 7.53. The van der Waals surface area contributed by atoms with Gasteiger partial charge in [-0.3, -0.25) is 4.99 Å². The summed E-state index contributed by atoms with van der Waals surface area (Å²) in [6.07, 6.45) is 4.08. The van der Waals surface area contributed by atoms with Gasteiger partial charge in [-0.1, -0.05) is 0 Å². The molecule has 6 heteroatoms. The van der Waals surface area contributed by atoms with Crippen molar-refractivity contribution in [2.24, 2.45) is 10.7 Å². The molecule has 0 bridgehead atoms. The summed E-state index contributed by atoms with van der Waals surface area (Å²) in [6, 6.07) is 6.43. The van der Waals surface area contributed by atoms with Gasteiger partial charge in [0.2, 0.25) is 0 Å². The van der Waals surface area contributed by atoms with Crippen LogP contribution in [0.4, 0.5) is 0 Å². The van der Waals surface area contributed by atoms with E-state index in [-0.39, 0.29) is 24.8 Å². The van der Waals surface area contributed by atoms with Crippen LogP contribution in [0.2, 0.25) is 0 Å². The average molecular weight is 315 g/mol. The van der Waals surface area contributed by atoms with Crippen LogP contribution in [0.15, 0.2) is 29.4 Å². The van der Waals surface area contributed by atoms with Crippen LogP contribution in [0.5, 0.6) is 0 Å². The fourth-order valence-electron chi connectivity index (χ4n) is 2.41. The Labute approximate surface area is 131 Å². The van der Waals surface area contributed by atoms with Gasteiger partial charge in [-0.2, -0.15) is 0 Å². The molecule has 0 radical (unpaired) electrons. The molecule has 4 nitrogen and oxygen atoms in total. The van der Waals surface area contributed by atoms with Gasteiger partial charge in [0.05, 0.1) is 0 Å². The van der Waals surface area contributed by atoms with E-state index in [4.69, 9.17) is 5.73 Å². The summed E-state index contributed by atoms with van der Waals surface area (Å²) in [6.45, 7) is 2.61. The van der Waals surface area contributed by atoms with E-state index in [0.717, 1.165) is 31.8 Å². The zero-order valence-electron chi connectivity index (χ0n) is 11.2. The third kappa shape index (κ3) is 3.26. The molecule has 1 aromatic heterocycles. The molecule has 0 aliphatic carbocycles. The van der Waals surface area contributed by atoms with Gasteiger partial charge in [0.15, 0.2) is 0 Å². The van der Waals surface area contributed by atoms with Gasteiger partial charge in [0.1, 0.15) is 5.84 Å². The predicted molar refractivity (Wildman–Crippen MR) is 89.6 cm³/mol. The van der Waals surface area contributed by atoms with Gasteiger partial charge < -0.3 is 16.0 Å². The Morgan fingerprint density at radius 1 is 1.25 bits per heavy atom. The molecule has 1 aromatic carbocycles. The lowest BCUT2D eigenvalue weighted by Gasteiger charge is -2.14. The number of halogens is 2. The number of H-pyrrole nitrogens is 1. The number of nitrogens with two attached hydrogens (primary N) is 1. The van der Waals surface area contributed by atoms with Gasteiger partial charge in [-0.15, -0.1) is 24.8 Å². The Balaban J connectivity index is 0.000001000. The number of benzene rings is 1. The predicted octanol–water partition coefficient (Wildman–Crippen LogP) is 2.25. The molecule has 2 heterocycles. The Bertz CT molecular complexity index is 592. The fourth-order valence-corrected chi connectivity index (χ4v) is 2.41. The second-order valence-corrected chi connectivity index (χ2v) is 4.62. The van der Waals surface area contributed by atoms with Crippen LogP contribution in [-0.4, -0.2) is 30.5 Å². The van der Waals surface area contributed by atoms with Crippen molar-refractivity contribution < 1.29 is 0 Å². The number of hydrogen-bond acceptors (Lipinski definition) is 3. The van der Waals surface area contributed by atoms with E-state index in [0.29, 0.717) is 6.54 Å². The third-order valence-electron chi connectivity index (χ3n) is 3.35. The second-order valence-electron chi connectivity index (χ2n) is 4.62. The first kappa shape index (κ1) is 16.8. The van der Waals surface area contributed by atoms with Crippen molar-refractivity contribution >= 4 is 41.6 Å². The number of rotatable bonds is 3. The van der Waals surface area contributed by atoms with Crippen molar-refractivity contribution in [3.8, 4) is 0 Å². The highest BCUT2D eigenvalue weighted by Gasteiger charge is 2.09. The zero-order chi connectivity index (χ0) is 12.4. The monoisotopic (exact) mass is 314 g/mol. The van der Waals surface area contributed by atoms with E-state index in [9.17, 15) is 0 Å². The molecule has 3 rings (SSSR count). The number of nitrogens with one attached hydrogen (secondary N) is 2. The Hall–Kier alpha value is -1.23. The van der Waals surface area contributed by atoms with Gasteiger partial charge in [0.25, 0.3) is 0 Å². The van der Waals surface area contributed by atoms with Crippen molar-refractivity contribution in [1.82, 2.24) is 10.3 Å². The van der Waals surface area contributed by atoms with Crippen LogP contribution in [0.25, 0.3) is 10.9 Å². The molecular formula is C14H20Cl2N4. The summed E-state index contributed by atoms with van der Waals surface area (Å²) in [4.78, 5) is 7.82. The fraction of sp³-hybridized carbons (Fsp3) is 0.357. The normalized spacial score (nSPS) is 13.9. The van der Waals surface area contributed by atoms with Crippen molar-refractivity contribution in [3.05, 3.63) is 35.5 Å². The molecule has 1 aliphatic heterocycles. The lowest BCUT2D eigenvalue weighted by molar-refractivity contribution is 0.742. The maximum absolute atomic E-state index is 5.64. The molecule has 20 heavy (non-hydrogen) atoms. The highest BCUT2D eigenvalue weighted by Crippen LogP contribution is 2.20. The lowest BCUT2D eigenvalue weighted by atomic mass is 10.1. The lowest BCUT2D eigenvalue weighted by Crippen LogP contribution is -2.30.